The fourth-order valence-electron chi connectivity index (χ4n) is 1.03. The van der Waals surface area contributed by atoms with E-state index >= 15 is 0 Å². The van der Waals surface area contributed by atoms with Crippen molar-refractivity contribution in [1.82, 2.24) is 0 Å². The molecule has 1 aromatic rings. The molecule has 0 radical (unpaired) electrons. The molecule has 0 bridgehead atoms. The van der Waals surface area contributed by atoms with Gasteiger partial charge in [-0.15, -0.1) is 6.42 Å². The Hall–Kier alpha value is -1.56. The van der Waals surface area contributed by atoms with E-state index < -0.39 is 6.61 Å². The monoisotopic (exact) mass is 196 g/mol. The Morgan fingerprint density at radius 3 is 2.29 bits per heavy atom. The molecule has 74 valence electrons. The number of halogens is 2. The lowest BCUT2D eigenvalue weighted by molar-refractivity contribution is -0.0498. The van der Waals surface area contributed by atoms with Crippen molar-refractivity contribution in [3.8, 4) is 18.1 Å². The molecule has 0 aliphatic rings. The molecule has 1 unspecified atom stereocenters. The molecule has 1 atom stereocenters. The predicted octanol–water partition coefficient (Wildman–Crippen LogP) is 3.02. The molecule has 0 amide bonds. The molecule has 14 heavy (non-hydrogen) atoms. The van der Waals surface area contributed by atoms with Crippen LogP contribution in [0.5, 0.6) is 5.75 Å². The van der Waals surface area contributed by atoms with Gasteiger partial charge in [-0.3, -0.25) is 0 Å². The summed E-state index contributed by atoms with van der Waals surface area (Å²) in [5.74, 6) is 2.68. The third-order valence-electron chi connectivity index (χ3n) is 1.86. The maximum atomic E-state index is 11.8. The highest BCUT2D eigenvalue weighted by Gasteiger charge is 2.05. The summed E-state index contributed by atoms with van der Waals surface area (Å²) in [5.41, 5.74) is 0.911. The van der Waals surface area contributed by atoms with E-state index in [0.717, 1.165) is 5.56 Å². The summed E-state index contributed by atoms with van der Waals surface area (Å²) in [4.78, 5) is 0. The molecule has 0 N–H and O–H groups in total. The third-order valence-corrected chi connectivity index (χ3v) is 1.86. The zero-order valence-corrected chi connectivity index (χ0v) is 7.71. The van der Waals surface area contributed by atoms with Crippen molar-refractivity contribution < 1.29 is 13.5 Å². The van der Waals surface area contributed by atoms with Crippen LogP contribution < -0.4 is 4.74 Å². The molecule has 0 spiro atoms. The van der Waals surface area contributed by atoms with Gasteiger partial charge in [-0.05, 0) is 24.6 Å². The van der Waals surface area contributed by atoms with Crippen molar-refractivity contribution in [2.75, 3.05) is 0 Å². The first-order valence-corrected chi connectivity index (χ1v) is 4.14. The lowest BCUT2D eigenvalue weighted by Gasteiger charge is -2.07. The van der Waals surface area contributed by atoms with Crippen LogP contribution in [0.15, 0.2) is 24.3 Å². The molecule has 0 aliphatic carbocycles. The zero-order valence-electron chi connectivity index (χ0n) is 7.71. The second-order valence-electron chi connectivity index (χ2n) is 2.84. The fourth-order valence-corrected chi connectivity index (χ4v) is 1.03. The lowest BCUT2D eigenvalue weighted by Crippen LogP contribution is -2.01. The van der Waals surface area contributed by atoms with E-state index in [1.165, 1.54) is 12.1 Å². The Bertz CT molecular complexity index is 324. The van der Waals surface area contributed by atoms with Gasteiger partial charge in [0.05, 0.1) is 0 Å². The average Bonchev–Trinajstić information content (AvgIpc) is 2.17. The summed E-state index contributed by atoms with van der Waals surface area (Å²) in [6.45, 7) is -0.922. The van der Waals surface area contributed by atoms with Gasteiger partial charge in [-0.1, -0.05) is 18.1 Å². The normalized spacial score (nSPS) is 12.2. The van der Waals surface area contributed by atoms with Gasteiger partial charge in [0.2, 0.25) is 0 Å². The maximum absolute atomic E-state index is 11.8. The van der Waals surface area contributed by atoms with E-state index in [1.807, 2.05) is 6.92 Å². The van der Waals surface area contributed by atoms with Crippen LogP contribution in [0, 0.1) is 12.3 Å². The van der Waals surface area contributed by atoms with Crippen molar-refractivity contribution in [1.29, 1.82) is 0 Å². The standard InChI is InChI=1S/C11H10F2O/c1-3-8(2)9-4-6-10(7-5-9)14-11(12)13/h1,4-8,11H,2H3. The van der Waals surface area contributed by atoms with Gasteiger partial charge < -0.3 is 4.74 Å². The van der Waals surface area contributed by atoms with Crippen LogP contribution in [-0.2, 0) is 0 Å². The molecule has 0 saturated heterocycles. The second kappa shape index (κ2) is 4.61. The summed E-state index contributed by atoms with van der Waals surface area (Å²) < 4.78 is 27.8. The summed E-state index contributed by atoms with van der Waals surface area (Å²) in [6, 6.07) is 6.33. The first-order valence-electron chi connectivity index (χ1n) is 4.14. The van der Waals surface area contributed by atoms with E-state index in [2.05, 4.69) is 10.7 Å². The van der Waals surface area contributed by atoms with Gasteiger partial charge in [0, 0.05) is 5.92 Å². The highest BCUT2D eigenvalue weighted by atomic mass is 19.3. The van der Waals surface area contributed by atoms with E-state index in [4.69, 9.17) is 6.42 Å². The number of hydrogen-bond donors (Lipinski definition) is 0. The van der Waals surface area contributed by atoms with Crippen LogP contribution in [-0.4, -0.2) is 6.61 Å². The van der Waals surface area contributed by atoms with Crippen LogP contribution >= 0.6 is 0 Å². The molecule has 0 fully saturated rings. The van der Waals surface area contributed by atoms with Crippen LogP contribution in [0.25, 0.3) is 0 Å². The molecule has 1 aromatic carbocycles. The van der Waals surface area contributed by atoms with E-state index in [1.54, 1.807) is 12.1 Å². The third kappa shape index (κ3) is 2.74. The number of alkyl halides is 2. The van der Waals surface area contributed by atoms with E-state index in [9.17, 15) is 8.78 Å². The molecule has 3 heteroatoms. The summed E-state index contributed by atoms with van der Waals surface area (Å²) >= 11 is 0. The number of terminal acetylenes is 1. The Morgan fingerprint density at radius 2 is 1.86 bits per heavy atom. The van der Waals surface area contributed by atoms with Gasteiger partial charge >= 0.3 is 6.61 Å². The van der Waals surface area contributed by atoms with Crippen molar-refractivity contribution in [3.05, 3.63) is 29.8 Å². The Labute approximate surface area is 81.7 Å². The molecule has 0 saturated carbocycles. The topological polar surface area (TPSA) is 9.23 Å². The summed E-state index contributed by atoms with van der Waals surface area (Å²) in [5, 5.41) is 0. The number of rotatable bonds is 3. The summed E-state index contributed by atoms with van der Waals surface area (Å²) in [7, 11) is 0. The molecular formula is C11H10F2O. The Kier molecular flexibility index (Phi) is 3.47. The number of hydrogen-bond acceptors (Lipinski definition) is 1. The van der Waals surface area contributed by atoms with Crippen molar-refractivity contribution >= 4 is 0 Å². The quantitative estimate of drug-likeness (QED) is 0.675. The molecule has 0 heterocycles. The lowest BCUT2D eigenvalue weighted by atomic mass is 10.0. The molecular weight excluding hydrogens is 186 g/mol. The van der Waals surface area contributed by atoms with Crippen molar-refractivity contribution in [3.63, 3.8) is 0 Å². The smallest absolute Gasteiger partial charge is 0.387 e. The highest BCUT2D eigenvalue weighted by molar-refractivity contribution is 5.32. The first kappa shape index (κ1) is 10.5. The maximum Gasteiger partial charge on any atom is 0.387 e. The minimum Gasteiger partial charge on any atom is -0.435 e. The fraction of sp³-hybridized carbons (Fsp3) is 0.273. The van der Waals surface area contributed by atoms with E-state index in [-0.39, 0.29) is 11.7 Å². The van der Waals surface area contributed by atoms with E-state index in [0.29, 0.717) is 0 Å². The van der Waals surface area contributed by atoms with Crippen LogP contribution in [0.2, 0.25) is 0 Å². The Morgan fingerprint density at radius 1 is 1.29 bits per heavy atom. The van der Waals surface area contributed by atoms with Gasteiger partial charge in [0.15, 0.2) is 0 Å². The number of benzene rings is 1. The van der Waals surface area contributed by atoms with Crippen LogP contribution in [0.1, 0.15) is 18.4 Å². The highest BCUT2D eigenvalue weighted by Crippen LogP contribution is 2.19. The molecule has 0 aliphatic heterocycles. The van der Waals surface area contributed by atoms with Gasteiger partial charge in [-0.25, -0.2) is 0 Å². The Balaban J connectivity index is 2.74. The van der Waals surface area contributed by atoms with Gasteiger partial charge in [0.25, 0.3) is 0 Å². The average molecular weight is 196 g/mol. The summed E-state index contributed by atoms with van der Waals surface area (Å²) in [6.07, 6.45) is 5.22. The minimum atomic E-state index is -2.79. The van der Waals surface area contributed by atoms with Gasteiger partial charge in [-0.2, -0.15) is 8.78 Å². The van der Waals surface area contributed by atoms with Crippen molar-refractivity contribution in [2.24, 2.45) is 0 Å². The molecule has 1 rings (SSSR count). The zero-order chi connectivity index (χ0) is 10.6. The van der Waals surface area contributed by atoms with Gasteiger partial charge in [0.1, 0.15) is 5.75 Å². The minimum absolute atomic E-state index is 0.0180. The van der Waals surface area contributed by atoms with Crippen LogP contribution in [0.3, 0.4) is 0 Å². The number of ether oxygens (including phenoxy) is 1. The van der Waals surface area contributed by atoms with Crippen molar-refractivity contribution in [2.45, 2.75) is 19.5 Å². The second-order valence-corrected chi connectivity index (χ2v) is 2.84. The SMILES string of the molecule is C#CC(C)c1ccc(OC(F)F)cc1. The first-order chi connectivity index (χ1) is 6.63. The molecule has 0 aromatic heterocycles. The predicted molar refractivity (Wildman–Crippen MR) is 50.3 cm³/mol. The van der Waals surface area contributed by atoms with Crippen LogP contribution in [0.4, 0.5) is 8.78 Å². The molecule has 1 nitrogen and oxygen atoms in total. The largest absolute Gasteiger partial charge is 0.435 e.